The third kappa shape index (κ3) is 2.42. The molecule has 3 nitrogen and oxygen atoms in total. The number of hydrogen-bond donors (Lipinski definition) is 1. The standard InChI is InChI=1S/C13H16N2O/c1-3-12(13-5-4-8-16-13)15-11-7-6-10(2)14-9-11/h4-9,12,15H,3H2,1-2H3. The molecule has 1 atom stereocenters. The Bertz CT molecular complexity index is 420. The Balaban J connectivity index is 2.10. The molecule has 0 bridgehead atoms. The molecular weight excluding hydrogens is 200 g/mol. The lowest BCUT2D eigenvalue weighted by atomic mass is 10.1. The van der Waals surface area contributed by atoms with Crippen molar-refractivity contribution in [1.82, 2.24) is 4.98 Å². The van der Waals surface area contributed by atoms with Gasteiger partial charge in [0.25, 0.3) is 0 Å². The Hall–Kier alpha value is -1.77. The highest BCUT2D eigenvalue weighted by molar-refractivity contribution is 5.42. The summed E-state index contributed by atoms with van der Waals surface area (Å²) in [6, 6.07) is 8.14. The third-order valence-corrected chi connectivity index (χ3v) is 2.55. The first-order valence-corrected chi connectivity index (χ1v) is 5.52. The van der Waals surface area contributed by atoms with Gasteiger partial charge in [-0.1, -0.05) is 6.92 Å². The molecule has 0 amide bonds. The average Bonchev–Trinajstić information content (AvgIpc) is 2.82. The lowest BCUT2D eigenvalue weighted by molar-refractivity contribution is 0.474. The van der Waals surface area contributed by atoms with Crippen LogP contribution in [-0.4, -0.2) is 4.98 Å². The highest BCUT2D eigenvalue weighted by atomic mass is 16.3. The smallest absolute Gasteiger partial charge is 0.125 e. The molecule has 0 aromatic carbocycles. The van der Waals surface area contributed by atoms with Gasteiger partial charge in [0.15, 0.2) is 0 Å². The lowest BCUT2D eigenvalue weighted by Crippen LogP contribution is -2.08. The molecule has 1 N–H and O–H groups in total. The molecule has 0 aliphatic carbocycles. The molecule has 0 radical (unpaired) electrons. The minimum Gasteiger partial charge on any atom is -0.467 e. The van der Waals surface area contributed by atoms with Crippen LogP contribution in [0.5, 0.6) is 0 Å². The van der Waals surface area contributed by atoms with Gasteiger partial charge in [0.2, 0.25) is 0 Å². The highest BCUT2D eigenvalue weighted by Crippen LogP contribution is 2.22. The van der Waals surface area contributed by atoms with Crippen molar-refractivity contribution in [3.05, 3.63) is 48.2 Å². The number of aryl methyl sites for hydroxylation is 1. The van der Waals surface area contributed by atoms with Gasteiger partial charge in [-0.15, -0.1) is 0 Å². The first kappa shape index (κ1) is 10.7. The van der Waals surface area contributed by atoms with E-state index in [1.54, 1.807) is 6.26 Å². The summed E-state index contributed by atoms with van der Waals surface area (Å²) >= 11 is 0. The maximum absolute atomic E-state index is 5.40. The van der Waals surface area contributed by atoms with Crippen molar-refractivity contribution in [2.24, 2.45) is 0 Å². The molecule has 0 fully saturated rings. The second-order valence-corrected chi connectivity index (χ2v) is 3.81. The maximum Gasteiger partial charge on any atom is 0.125 e. The minimum absolute atomic E-state index is 0.208. The van der Waals surface area contributed by atoms with E-state index in [0.717, 1.165) is 23.6 Å². The summed E-state index contributed by atoms with van der Waals surface area (Å²) in [5.74, 6) is 0.961. The molecule has 2 aromatic rings. The molecule has 16 heavy (non-hydrogen) atoms. The number of hydrogen-bond acceptors (Lipinski definition) is 3. The van der Waals surface area contributed by atoms with E-state index < -0.39 is 0 Å². The molecule has 0 saturated heterocycles. The summed E-state index contributed by atoms with van der Waals surface area (Å²) in [6.45, 7) is 4.11. The number of nitrogens with one attached hydrogen (secondary N) is 1. The molecule has 0 saturated carbocycles. The number of furan rings is 1. The second-order valence-electron chi connectivity index (χ2n) is 3.81. The van der Waals surface area contributed by atoms with E-state index in [4.69, 9.17) is 4.42 Å². The van der Waals surface area contributed by atoms with Gasteiger partial charge in [0.05, 0.1) is 24.2 Å². The van der Waals surface area contributed by atoms with Crippen molar-refractivity contribution in [1.29, 1.82) is 0 Å². The number of anilines is 1. The maximum atomic E-state index is 5.40. The van der Waals surface area contributed by atoms with Crippen LogP contribution in [0.1, 0.15) is 30.8 Å². The predicted octanol–water partition coefficient (Wildman–Crippen LogP) is 3.55. The first-order valence-electron chi connectivity index (χ1n) is 5.52. The molecule has 0 aliphatic heterocycles. The molecule has 84 valence electrons. The molecule has 2 rings (SSSR count). The minimum atomic E-state index is 0.208. The van der Waals surface area contributed by atoms with E-state index in [0.29, 0.717) is 0 Å². The number of nitrogens with zero attached hydrogens (tertiary/aromatic N) is 1. The van der Waals surface area contributed by atoms with Gasteiger partial charge in [-0.05, 0) is 37.6 Å². The van der Waals surface area contributed by atoms with Gasteiger partial charge in [0.1, 0.15) is 5.76 Å². The molecule has 0 spiro atoms. The molecule has 0 aliphatic rings. The number of rotatable bonds is 4. The fourth-order valence-corrected chi connectivity index (χ4v) is 1.62. The van der Waals surface area contributed by atoms with Crippen molar-refractivity contribution in [3.63, 3.8) is 0 Å². The lowest BCUT2D eigenvalue weighted by Gasteiger charge is -2.15. The van der Waals surface area contributed by atoms with E-state index in [1.807, 2.05) is 37.4 Å². The molecule has 2 heterocycles. The van der Waals surface area contributed by atoms with Crippen molar-refractivity contribution < 1.29 is 4.42 Å². The monoisotopic (exact) mass is 216 g/mol. The largest absolute Gasteiger partial charge is 0.467 e. The highest BCUT2D eigenvalue weighted by Gasteiger charge is 2.11. The average molecular weight is 216 g/mol. The zero-order valence-corrected chi connectivity index (χ0v) is 9.60. The van der Waals surface area contributed by atoms with E-state index in [1.165, 1.54) is 0 Å². The van der Waals surface area contributed by atoms with Gasteiger partial charge < -0.3 is 9.73 Å². The topological polar surface area (TPSA) is 38.1 Å². The van der Waals surface area contributed by atoms with Crippen LogP contribution in [0.4, 0.5) is 5.69 Å². The zero-order valence-electron chi connectivity index (χ0n) is 9.60. The van der Waals surface area contributed by atoms with Gasteiger partial charge in [-0.25, -0.2) is 0 Å². The van der Waals surface area contributed by atoms with Gasteiger partial charge in [-0.3, -0.25) is 4.98 Å². The normalized spacial score (nSPS) is 12.4. The van der Waals surface area contributed by atoms with Crippen LogP contribution >= 0.6 is 0 Å². The SMILES string of the molecule is CCC(Nc1ccc(C)nc1)c1ccco1. The summed E-state index contributed by atoms with van der Waals surface area (Å²) in [4.78, 5) is 4.25. The predicted molar refractivity (Wildman–Crippen MR) is 64.3 cm³/mol. The van der Waals surface area contributed by atoms with E-state index >= 15 is 0 Å². The van der Waals surface area contributed by atoms with Crippen LogP contribution in [0.15, 0.2) is 41.1 Å². The fraction of sp³-hybridized carbons (Fsp3) is 0.308. The van der Waals surface area contributed by atoms with Crippen molar-refractivity contribution in [2.45, 2.75) is 26.3 Å². The van der Waals surface area contributed by atoms with Gasteiger partial charge in [-0.2, -0.15) is 0 Å². The Kier molecular flexibility index (Phi) is 3.25. The van der Waals surface area contributed by atoms with E-state index in [2.05, 4.69) is 17.2 Å². The fourth-order valence-electron chi connectivity index (χ4n) is 1.62. The van der Waals surface area contributed by atoms with Crippen molar-refractivity contribution >= 4 is 5.69 Å². The van der Waals surface area contributed by atoms with E-state index in [9.17, 15) is 0 Å². The van der Waals surface area contributed by atoms with Gasteiger partial charge in [0, 0.05) is 5.69 Å². The summed E-state index contributed by atoms with van der Waals surface area (Å²) in [5.41, 5.74) is 2.05. The summed E-state index contributed by atoms with van der Waals surface area (Å²) in [6.07, 6.45) is 4.52. The Morgan fingerprint density at radius 1 is 1.38 bits per heavy atom. The molecular formula is C13H16N2O. The third-order valence-electron chi connectivity index (χ3n) is 2.55. The van der Waals surface area contributed by atoms with Crippen LogP contribution < -0.4 is 5.32 Å². The van der Waals surface area contributed by atoms with Gasteiger partial charge >= 0.3 is 0 Å². The summed E-state index contributed by atoms with van der Waals surface area (Å²) in [7, 11) is 0. The Morgan fingerprint density at radius 2 is 2.25 bits per heavy atom. The Morgan fingerprint density at radius 3 is 2.81 bits per heavy atom. The van der Waals surface area contributed by atoms with Crippen LogP contribution in [0.2, 0.25) is 0 Å². The molecule has 1 unspecified atom stereocenters. The van der Waals surface area contributed by atoms with Crippen LogP contribution in [-0.2, 0) is 0 Å². The van der Waals surface area contributed by atoms with Crippen molar-refractivity contribution in [3.8, 4) is 0 Å². The van der Waals surface area contributed by atoms with Crippen LogP contribution in [0, 0.1) is 6.92 Å². The second kappa shape index (κ2) is 4.84. The first-order chi connectivity index (χ1) is 7.79. The molecule has 3 heteroatoms. The Labute approximate surface area is 95.5 Å². The van der Waals surface area contributed by atoms with Crippen LogP contribution in [0.25, 0.3) is 0 Å². The zero-order chi connectivity index (χ0) is 11.4. The summed E-state index contributed by atoms with van der Waals surface area (Å²) < 4.78 is 5.40. The summed E-state index contributed by atoms with van der Waals surface area (Å²) in [5, 5.41) is 3.40. The van der Waals surface area contributed by atoms with E-state index in [-0.39, 0.29) is 6.04 Å². The quantitative estimate of drug-likeness (QED) is 0.849. The number of aromatic nitrogens is 1. The van der Waals surface area contributed by atoms with Crippen molar-refractivity contribution in [2.75, 3.05) is 5.32 Å². The van der Waals surface area contributed by atoms with Crippen LogP contribution in [0.3, 0.4) is 0 Å². The molecule has 2 aromatic heterocycles. The number of pyridine rings is 1.